The number of rotatable bonds is 8. The van der Waals surface area contributed by atoms with Crippen molar-refractivity contribution in [2.75, 3.05) is 33.2 Å². The summed E-state index contributed by atoms with van der Waals surface area (Å²) in [7, 11) is 1.82. The fourth-order valence-electron chi connectivity index (χ4n) is 3.33. The highest BCUT2D eigenvalue weighted by atomic mass is 127. The minimum atomic E-state index is 0. The largest absolute Gasteiger partial charge is 0.361 e. The lowest BCUT2D eigenvalue weighted by atomic mass is 9.99. The summed E-state index contributed by atoms with van der Waals surface area (Å²) >= 11 is 0. The zero-order chi connectivity index (χ0) is 18.1. The van der Waals surface area contributed by atoms with E-state index in [4.69, 9.17) is 4.52 Å². The Hall–Kier alpha value is -0.830. The highest BCUT2D eigenvalue weighted by Crippen LogP contribution is 2.16. The normalized spacial score (nSPS) is 16.4. The van der Waals surface area contributed by atoms with E-state index in [0.29, 0.717) is 6.54 Å². The molecule has 1 saturated heterocycles. The van der Waals surface area contributed by atoms with Crippen molar-refractivity contribution in [3.8, 4) is 0 Å². The van der Waals surface area contributed by atoms with Crippen LogP contribution in [0.3, 0.4) is 0 Å². The minimum absolute atomic E-state index is 0. The zero-order valence-corrected chi connectivity index (χ0v) is 19.1. The number of likely N-dealkylation sites (tertiary alicyclic amines) is 1. The summed E-state index contributed by atoms with van der Waals surface area (Å²) in [4.78, 5) is 6.90. The van der Waals surface area contributed by atoms with Gasteiger partial charge < -0.3 is 20.1 Å². The Balaban J connectivity index is 0.00000338. The van der Waals surface area contributed by atoms with Crippen molar-refractivity contribution in [1.29, 1.82) is 0 Å². The number of nitrogens with zero attached hydrogens (tertiary/aromatic N) is 3. The lowest BCUT2D eigenvalue weighted by Crippen LogP contribution is -2.39. The van der Waals surface area contributed by atoms with Gasteiger partial charge in [0.05, 0.1) is 5.69 Å². The van der Waals surface area contributed by atoms with Gasteiger partial charge in [0, 0.05) is 32.1 Å². The molecule has 0 radical (unpaired) electrons. The molecule has 0 aromatic carbocycles. The first kappa shape index (κ1) is 23.2. The first-order valence-electron chi connectivity index (χ1n) is 9.81. The predicted molar refractivity (Wildman–Crippen MR) is 118 cm³/mol. The number of halogens is 1. The molecule has 1 aromatic rings. The number of piperidine rings is 1. The van der Waals surface area contributed by atoms with E-state index in [1.807, 2.05) is 7.05 Å². The van der Waals surface area contributed by atoms with Gasteiger partial charge in [0.2, 0.25) is 0 Å². The molecule has 2 N–H and O–H groups in total. The number of hydrogen-bond donors (Lipinski definition) is 2. The van der Waals surface area contributed by atoms with Crippen molar-refractivity contribution in [1.82, 2.24) is 20.7 Å². The van der Waals surface area contributed by atoms with Crippen molar-refractivity contribution >= 4 is 29.9 Å². The third-order valence-corrected chi connectivity index (χ3v) is 5.08. The van der Waals surface area contributed by atoms with Crippen LogP contribution in [0.2, 0.25) is 0 Å². The van der Waals surface area contributed by atoms with Gasteiger partial charge in [-0.3, -0.25) is 4.99 Å². The van der Waals surface area contributed by atoms with Gasteiger partial charge in [-0.25, -0.2) is 0 Å². The van der Waals surface area contributed by atoms with E-state index in [0.717, 1.165) is 49.1 Å². The molecular weight excluding hydrogens is 441 g/mol. The van der Waals surface area contributed by atoms with Crippen molar-refractivity contribution < 1.29 is 4.52 Å². The van der Waals surface area contributed by atoms with Crippen LogP contribution in [0.15, 0.2) is 9.52 Å². The minimum Gasteiger partial charge on any atom is -0.361 e. The van der Waals surface area contributed by atoms with E-state index in [2.05, 4.69) is 46.5 Å². The molecule has 1 aliphatic rings. The maximum atomic E-state index is 5.42. The van der Waals surface area contributed by atoms with Crippen LogP contribution >= 0.6 is 24.0 Å². The van der Waals surface area contributed by atoms with Gasteiger partial charge in [0.15, 0.2) is 5.96 Å². The molecule has 1 fully saturated rings. The van der Waals surface area contributed by atoms with Crippen LogP contribution in [-0.2, 0) is 19.4 Å². The molecule has 0 saturated carbocycles. The molecule has 2 rings (SSSR count). The highest BCUT2D eigenvalue weighted by Gasteiger charge is 2.15. The summed E-state index contributed by atoms with van der Waals surface area (Å²) in [5, 5.41) is 11.0. The number of nitrogens with one attached hydrogen (secondary N) is 2. The first-order chi connectivity index (χ1) is 12.2. The summed E-state index contributed by atoms with van der Waals surface area (Å²) in [6.45, 7) is 11.9. The van der Waals surface area contributed by atoms with E-state index in [9.17, 15) is 0 Å². The quantitative estimate of drug-likeness (QED) is 0.261. The van der Waals surface area contributed by atoms with Gasteiger partial charge in [0.25, 0.3) is 0 Å². The van der Waals surface area contributed by atoms with Crippen molar-refractivity contribution in [3.05, 3.63) is 17.0 Å². The molecule has 0 unspecified atom stereocenters. The van der Waals surface area contributed by atoms with Crippen LogP contribution in [0.4, 0.5) is 0 Å². The summed E-state index contributed by atoms with van der Waals surface area (Å²) in [6.07, 6.45) is 5.58. The van der Waals surface area contributed by atoms with Crippen LogP contribution < -0.4 is 10.6 Å². The number of aromatic nitrogens is 1. The number of guanidine groups is 1. The van der Waals surface area contributed by atoms with Crippen LogP contribution in [0.5, 0.6) is 0 Å². The van der Waals surface area contributed by atoms with E-state index in [1.54, 1.807) is 0 Å². The van der Waals surface area contributed by atoms with E-state index >= 15 is 0 Å². The summed E-state index contributed by atoms with van der Waals surface area (Å²) < 4.78 is 5.42. The zero-order valence-electron chi connectivity index (χ0n) is 16.8. The molecular formula is C19H36IN5O. The maximum absolute atomic E-state index is 5.42. The molecule has 2 heterocycles. The third-order valence-electron chi connectivity index (χ3n) is 5.08. The lowest BCUT2D eigenvalue weighted by molar-refractivity contribution is 0.191. The SMILES string of the molecule is CCc1noc(CC)c1CNC(=NC)NCCCN1CCC(C)CC1.I. The molecule has 7 heteroatoms. The Bertz CT molecular complexity index is 517. The van der Waals surface area contributed by atoms with Gasteiger partial charge in [-0.05, 0) is 51.2 Å². The van der Waals surface area contributed by atoms with E-state index < -0.39 is 0 Å². The smallest absolute Gasteiger partial charge is 0.191 e. The number of hydrogen-bond acceptors (Lipinski definition) is 4. The second kappa shape index (κ2) is 12.5. The van der Waals surface area contributed by atoms with Crippen LogP contribution in [0.1, 0.15) is 57.1 Å². The molecule has 1 aliphatic heterocycles. The summed E-state index contributed by atoms with van der Waals surface area (Å²) in [5.74, 6) is 2.72. The van der Waals surface area contributed by atoms with Crippen LogP contribution in [0.25, 0.3) is 0 Å². The molecule has 6 nitrogen and oxygen atoms in total. The maximum Gasteiger partial charge on any atom is 0.191 e. The lowest BCUT2D eigenvalue weighted by Gasteiger charge is -2.30. The standard InChI is InChI=1S/C19H35N5O.HI/c1-5-17-16(18(6-2)25-23-17)14-22-19(20-4)21-10-7-11-24-12-8-15(3)9-13-24;/h15H,5-14H2,1-4H3,(H2,20,21,22);1H. The van der Waals surface area contributed by atoms with Crippen LogP contribution in [0, 0.1) is 5.92 Å². The Labute approximate surface area is 175 Å². The molecule has 150 valence electrons. The average molecular weight is 477 g/mol. The monoisotopic (exact) mass is 477 g/mol. The Morgan fingerprint density at radius 1 is 1.23 bits per heavy atom. The van der Waals surface area contributed by atoms with Gasteiger partial charge in [-0.2, -0.15) is 0 Å². The fourth-order valence-corrected chi connectivity index (χ4v) is 3.33. The molecule has 0 aliphatic carbocycles. The highest BCUT2D eigenvalue weighted by molar-refractivity contribution is 14.0. The van der Waals surface area contributed by atoms with Crippen LogP contribution in [-0.4, -0.2) is 49.2 Å². The second-order valence-corrected chi connectivity index (χ2v) is 6.97. The topological polar surface area (TPSA) is 65.7 Å². The average Bonchev–Trinajstić information content (AvgIpc) is 3.04. The Kier molecular flexibility index (Phi) is 11.2. The third kappa shape index (κ3) is 7.06. The van der Waals surface area contributed by atoms with Gasteiger partial charge in [-0.15, -0.1) is 24.0 Å². The van der Waals surface area contributed by atoms with E-state index in [1.165, 1.54) is 38.0 Å². The van der Waals surface area contributed by atoms with Crippen molar-refractivity contribution in [2.24, 2.45) is 10.9 Å². The summed E-state index contributed by atoms with van der Waals surface area (Å²) in [5.41, 5.74) is 2.22. The van der Waals surface area contributed by atoms with Crippen molar-refractivity contribution in [2.45, 2.75) is 59.4 Å². The van der Waals surface area contributed by atoms with Gasteiger partial charge in [0.1, 0.15) is 5.76 Å². The molecule has 0 amide bonds. The number of aryl methyl sites for hydroxylation is 2. The second-order valence-electron chi connectivity index (χ2n) is 6.97. The van der Waals surface area contributed by atoms with Gasteiger partial charge in [-0.1, -0.05) is 25.9 Å². The Morgan fingerprint density at radius 2 is 1.96 bits per heavy atom. The predicted octanol–water partition coefficient (Wildman–Crippen LogP) is 3.20. The number of aliphatic imine (C=N–C) groups is 1. The molecule has 0 spiro atoms. The van der Waals surface area contributed by atoms with E-state index in [-0.39, 0.29) is 24.0 Å². The molecule has 26 heavy (non-hydrogen) atoms. The fraction of sp³-hybridized carbons (Fsp3) is 0.789. The van der Waals surface area contributed by atoms with Gasteiger partial charge >= 0.3 is 0 Å². The van der Waals surface area contributed by atoms with Crippen molar-refractivity contribution in [3.63, 3.8) is 0 Å². The summed E-state index contributed by atoms with van der Waals surface area (Å²) in [6, 6.07) is 0. The molecule has 0 bridgehead atoms. The molecule has 1 aromatic heterocycles. The first-order valence-corrected chi connectivity index (χ1v) is 9.81. The Morgan fingerprint density at radius 3 is 2.58 bits per heavy atom. The molecule has 0 atom stereocenters.